The highest BCUT2D eigenvalue weighted by Gasteiger charge is 2.28. The van der Waals surface area contributed by atoms with Crippen LogP contribution in [0.1, 0.15) is 33.7 Å². The molecule has 0 bridgehead atoms. The van der Waals surface area contributed by atoms with Crippen LogP contribution >= 0.6 is 0 Å². The van der Waals surface area contributed by atoms with Gasteiger partial charge >= 0.3 is 6.61 Å². The van der Waals surface area contributed by atoms with Gasteiger partial charge in [0.05, 0.1) is 12.8 Å². The first kappa shape index (κ1) is 20.8. The second-order valence-electron chi connectivity index (χ2n) is 7.40. The van der Waals surface area contributed by atoms with Gasteiger partial charge in [0.1, 0.15) is 0 Å². The molecule has 1 heterocycles. The van der Waals surface area contributed by atoms with Crippen molar-refractivity contribution in [2.24, 2.45) is 0 Å². The first-order valence-electron chi connectivity index (χ1n) is 10.0. The highest BCUT2D eigenvalue weighted by Crippen LogP contribution is 2.31. The largest absolute Gasteiger partial charge is 0.493 e. The molecule has 0 saturated carbocycles. The van der Waals surface area contributed by atoms with E-state index in [0.29, 0.717) is 5.69 Å². The number of para-hydroxylation sites is 1. The molecule has 6 nitrogen and oxygen atoms in total. The van der Waals surface area contributed by atoms with Crippen LogP contribution in [0.2, 0.25) is 0 Å². The predicted molar refractivity (Wildman–Crippen MR) is 111 cm³/mol. The number of hydrogen-bond acceptors (Lipinski definition) is 4. The standard InChI is InChI=1S/C23H23F2N3O3/c1-27(14-15-11-12-19(31-23(24)25)20(13-15)30-2)22(29)21-17-9-6-10-18(17)28(26-21)16-7-4-3-5-8-16/h3-5,7-8,11-13,23H,6,9-10,14H2,1-2H3. The first-order chi connectivity index (χ1) is 15.0. The maximum Gasteiger partial charge on any atom is 0.387 e. The lowest BCUT2D eigenvalue weighted by Gasteiger charge is -2.18. The van der Waals surface area contributed by atoms with E-state index in [0.717, 1.165) is 41.8 Å². The van der Waals surface area contributed by atoms with Crippen LogP contribution in [0.3, 0.4) is 0 Å². The number of alkyl halides is 2. The van der Waals surface area contributed by atoms with E-state index in [1.807, 2.05) is 35.0 Å². The number of carbonyl (C=O) groups is 1. The Morgan fingerprint density at radius 2 is 1.94 bits per heavy atom. The quantitative estimate of drug-likeness (QED) is 0.566. The molecule has 1 aliphatic carbocycles. The summed E-state index contributed by atoms with van der Waals surface area (Å²) in [5.41, 5.74) is 4.20. The normalized spacial score (nSPS) is 12.7. The Hall–Kier alpha value is -3.42. The van der Waals surface area contributed by atoms with E-state index in [-0.39, 0.29) is 24.0 Å². The van der Waals surface area contributed by atoms with Crippen LogP contribution in [0, 0.1) is 0 Å². The van der Waals surface area contributed by atoms with Gasteiger partial charge in [0.25, 0.3) is 5.91 Å². The molecule has 2 aromatic carbocycles. The van der Waals surface area contributed by atoms with Crippen LogP contribution in [-0.2, 0) is 19.4 Å². The number of ether oxygens (including phenoxy) is 2. The van der Waals surface area contributed by atoms with E-state index in [1.54, 1.807) is 24.1 Å². The second kappa shape index (κ2) is 8.75. The Morgan fingerprint density at radius 3 is 2.65 bits per heavy atom. The van der Waals surface area contributed by atoms with Gasteiger partial charge in [-0.25, -0.2) is 4.68 Å². The minimum absolute atomic E-state index is 0.0466. The van der Waals surface area contributed by atoms with Crippen LogP contribution in [-0.4, -0.2) is 41.4 Å². The fourth-order valence-electron chi connectivity index (χ4n) is 3.92. The smallest absolute Gasteiger partial charge is 0.387 e. The van der Waals surface area contributed by atoms with Crippen LogP contribution in [0.5, 0.6) is 11.5 Å². The van der Waals surface area contributed by atoms with E-state index >= 15 is 0 Å². The first-order valence-corrected chi connectivity index (χ1v) is 10.0. The van der Waals surface area contributed by atoms with Gasteiger partial charge < -0.3 is 14.4 Å². The van der Waals surface area contributed by atoms with Gasteiger partial charge in [0, 0.05) is 24.8 Å². The summed E-state index contributed by atoms with van der Waals surface area (Å²) in [6, 6.07) is 14.4. The molecule has 0 unspecified atom stereocenters. The number of methoxy groups -OCH3 is 1. The topological polar surface area (TPSA) is 56.6 Å². The molecule has 0 radical (unpaired) electrons. The molecule has 1 amide bonds. The maximum atomic E-state index is 13.2. The van der Waals surface area contributed by atoms with Crippen molar-refractivity contribution in [1.29, 1.82) is 0 Å². The van der Waals surface area contributed by atoms with Crippen molar-refractivity contribution >= 4 is 5.91 Å². The van der Waals surface area contributed by atoms with Gasteiger partial charge in [-0.15, -0.1) is 0 Å². The van der Waals surface area contributed by atoms with E-state index in [2.05, 4.69) is 9.84 Å². The van der Waals surface area contributed by atoms with E-state index < -0.39 is 6.61 Å². The van der Waals surface area contributed by atoms with Crippen molar-refractivity contribution in [3.05, 3.63) is 71.0 Å². The molecule has 0 N–H and O–H groups in total. The van der Waals surface area contributed by atoms with E-state index in [1.165, 1.54) is 13.2 Å². The molecule has 0 saturated heterocycles. The van der Waals surface area contributed by atoms with E-state index in [4.69, 9.17) is 4.74 Å². The van der Waals surface area contributed by atoms with Gasteiger partial charge in [-0.1, -0.05) is 24.3 Å². The van der Waals surface area contributed by atoms with Crippen molar-refractivity contribution in [3.8, 4) is 17.2 Å². The summed E-state index contributed by atoms with van der Waals surface area (Å²) in [6.07, 6.45) is 2.70. The van der Waals surface area contributed by atoms with Crippen LogP contribution < -0.4 is 9.47 Å². The molecule has 8 heteroatoms. The number of fused-ring (bicyclic) bond motifs is 1. The molecule has 0 atom stereocenters. The predicted octanol–water partition coefficient (Wildman–Crippen LogP) is 4.24. The average molecular weight is 427 g/mol. The highest BCUT2D eigenvalue weighted by molar-refractivity contribution is 5.94. The molecule has 0 aliphatic heterocycles. The van der Waals surface area contributed by atoms with Gasteiger partial charge in [-0.3, -0.25) is 4.79 Å². The molecular weight excluding hydrogens is 404 g/mol. The molecular formula is C23H23F2N3O3. The molecule has 3 aromatic rings. The van der Waals surface area contributed by atoms with Gasteiger partial charge in [0.15, 0.2) is 17.2 Å². The Bertz CT molecular complexity index is 1080. The van der Waals surface area contributed by atoms with Crippen LogP contribution in [0.15, 0.2) is 48.5 Å². The number of benzene rings is 2. The second-order valence-corrected chi connectivity index (χ2v) is 7.40. The summed E-state index contributed by atoms with van der Waals surface area (Å²) < 4.78 is 36.5. The summed E-state index contributed by atoms with van der Waals surface area (Å²) in [5.74, 6) is -0.0396. The molecule has 0 spiro atoms. The molecule has 0 fully saturated rings. The molecule has 4 rings (SSSR count). The third kappa shape index (κ3) is 4.23. The summed E-state index contributed by atoms with van der Waals surface area (Å²) in [5, 5.41) is 4.64. The average Bonchev–Trinajstić information content (AvgIpc) is 3.37. The number of carbonyl (C=O) groups excluding carboxylic acids is 1. The summed E-state index contributed by atoms with van der Waals surface area (Å²) in [6.45, 7) is -2.66. The Kier molecular flexibility index (Phi) is 5.88. The molecule has 162 valence electrons. The Labute approximate surface area is 179 Å². The minimum atomic E-state index is -2.94. The number of nitrogens with zero attached hydrogens (tertiary/aromatic N) is 3. The van der Waals surface area contributed by atoms with Crippen molar-refractivity contribution < 1.29 is 23.0 Å². The van der Waals surface area contributed by atoms with Crippen molar-refractivity contribution in [3.63, 3.8) is 0 Å². The lowest BCUT2D eigenvalue weighted by Crippen LogP contribution is -2.27. The SMILES string of the molecule is COc1cc(CN(C)C(=O)c2nn(-c3ccccc3)c3c2CCC3)ccc1OC(F)F. The number of rotatable bonds is 7. The third-order valence-corrected chi connectivity index (χ3v) is 5.34. The number of hydrogen-bond donors (Lipinski definition) is 0. The fourth-order valence-corrected chi connectivity index (χ4v) is 3.92. The number of amides is 1. The summed E-state index contributed by atoms with van der Waals surface area (Å²) in [7, 11) is 3.08. The Balaban J connectivity index is 1.57. The van der Waals surface area contributed by atoms with Gasteiger partial charge in [-0.2, -0.15) is 13.9 Å². The van der Waals surface area contributed by atoms with Crippen molar-refractivity contribution in [2.75, 3.05) is 14.2 Å². The molecule has 1 aromatic heterocycles. The Morgan fingerprint density at radius 1 is 1.16 bits per heavy atom. The fraction of sp³-hybridized carbons (Fsp3) is 0.304. The molecule has 1 aliphatic rings. The summed E-state index contributed by atoms with van der Waals surface area (Å²) >= 11 is 0. The molecule has 31 heavy (non-hydrogen) atoms. The summed E-state index contributed by atoms with van der Waals surface area (Å²) in [4.78, 5) is 14.8. The zero-order chi connectivity index (χ0) is 22.0. The van der Waals surface area contributed by atoms with Crippen molar-refractivity contribution in [1.82, 2.24) is 14.7 Å². The zero-order valence-corrected chi connectivity index (χ0v) is 17.3. The van der Waals surface area contributed by atoms with Crippen LogP contribution in [0.25, 0.3) is 5.69 Å². The number of halogens is 2. The van der Waals surface area contributed by atoms with Gasteiger partial charge in [-0.05, 0) is 49.1 Å². The lowest BCUT2D eigenvalue weighted by atomic mass is 10.1. The third-order valence-electron chi connectivity index (χ3n) is 5.34. The monoisotopic (exact) mass is 427 g/mol. The minimum Gasteiger partial charge on any atom is -0.493 e. The van der Waals surface area contributed by atoms with E-state index in [9.17, 15) is 13.6 Å². The van der Waals surface area contributed by atoms with Crippen molar-refractivity contribution in [2.45, 2.75) is 32.4 Å². The highest BCUT2D eigenvalue weighted by atomic mass is 19.3. The number of aromatic nitrogens is 2. The maximum absolute atomic E-state index is 13.2. The van der Waals surface area contributed by atoms with Crippen LogP contribution in [0.4, 0.5) is 8.78 Å². The zero-order valence-electron chi connectivity index (χ0n) is 17.3. The lowest BCUT2D eigenvalue weighted by molar-refractivity contribution is -0.0512. The van der Waals surface area contributed by atoms with Gasteiger partial charge in [0.2, 0.25) is 0 Å².